The topological polar surface area (TPSA) is 29.3 Å². The Morgan fingerprint density at radius 2 is 1.23 bits per heavy atom. The second-order valence-corrected chi connectivity index (χ2v) is 8.85. The first-order valence-corrected chi connectivity index (χ1v) is 11.3. The van der Waals surface area contributed by atoms with Gasteiger partial charge < -0.3 is 5.73 Å². The molecular weight excluding hydrogens is 364 g/mol. The third kappa shape index (κ3) is 4.35. The van der Waals surface area contributed by atoms with E-state index in [-0.39, 0.29) is 5.41 Å². The standard InChI is InChI=1S/C21H25N.C7H9N/c1-21(18-8-4-2-5-9-18,19-10-6-3-7-11-19)20-16-17-12-14-22(20)15-13-17;8-6-7-4-2-1-3-5-7/h2-11,17,20H,12-16H2,1H3;1-5H,6,8H2/t20-;/m1./s1. The van der Waals surface area contributed by atoms with Crippen LogP contribution < -0.4 is 5.73 Å². The second kappa shape index (κ2) is 9.59. The zero-order chi connectivity index (χ0) is 20.8. The maximum absolute atomic E-state index is 5.35. The van der Waals surface area contributed by atoms with Gasteiger partial charge in [-0.1, -0.05) is 91.0 Å². The normalized spacial score (nSPS) is 22.8. The lowest BCUT2D eigenvalue weighted by molar-refractivity contribution is 0.0187. The Labute approximate surface area is 181 Å². The van der Waals surface area contributed by atoms with E-state index in [2.05, 4.69) is 72.5 Å². The molecule has 1 atom stereocenters. The lowest BCUT2D eigenvalue weighted by Gasteiger charge is -2.53. The van der Waals surface area contributed by atoms with Gasteiger partial charge in [0.25, 0.3) is 0 Å². The number of nitrogens with two attached hydrogens (primary N) is 1. The van der Waals surface area contributed by atoms with Crippen molar-refractivity contribution < 1.29 is 0 Å². The molecule has 0 spiro atoms. The van der Waals surface area contributed by atoms with Crippen LogP contribution in [0.25, 0.3) is 0 Å². The van der Waals surface area contributed by atoms with Gasteiger partial charge in [0.05, 0.1) is 0 Å². The van der Waals surface area contributed by atoms with Gasteiger partial charge in [0.2, 0.25) is 0 Å². The maximum Gasteiger partial charge on any atom is 0.0330 e. The Hall–Kier alpha value is -2.42. The molecule has 2 bridgehead atoms. The van der Waals surface area contributed by atoms with E-state index >= 15 is 0 Å². The molecule has 3 aromatic rings. The van der Waals surface area contributed by atoms with Crippen LogP contribution in [0.5, 0.6) is 0 Å². The van der Waals surface area contributed by atoms with Gasteiger partial charge in [-0.15, -0.1) is 0 Å². The summed E-state index contributed by atoms with van der Waals surface area (Å²) in [6, 6.07) is 32.9. The van der Waals surface area contributed by atoms with Gasteiger partial charge in [-0.2, -0.15) is 0 Å². The number of rotatable bonds is 4. The average Bonchev–Trinajstić information content (AvgIpc) is 2.86. The van der Waals surface area contributed by atoms with Crippen molar-refractivity contribution in [3.8, 4) is 0 Å². The fraction of sp³-hybridized carbons (Fsp3) is 0.357. The number of piperidine rings is 3. The monoisotopic (exact) mass is 398 g/mol. The first-order valence-electron chi connectivity index (χ1n) is 11.3. The van der Waals surface area contributed by atoms with E-state index in [1.54, 1.807) is 0 Å². The molecule has 6 rings (SSSR count). The highest BCUT2D eigenvalue weighted by atomic mass is 15.2. The highest BCUT2D eigenvalue weighted by molar-refractivity contribution is 5.41. The van der Waals surface area contributed by atoms with Crippen molar-refractivity contribution >= 4 is 0 Å². The van der Waals surface area contributed by atoms with E-state index < -0.39 is 0 Å². The van der Waals surface area contributed by atoms with E-state index in [1.165, 1.54) is 49.0 Å². The predicted octanol–water partition coefficient (Wildman–Crippen LogP) is 5.62. The Morgan fingerprint density at radius 3 is 1.60 bits per heavy atom. The lowest BCUT2D eigenvalue weighted by Crippen LogP contribution is -2.57. The van der Waals surface area contributed by atoms with Crippen LogP contribution >= 0.6 is 0 Å². The van der Waals surface area contributed by atoms with Crippen LogP contribution in [0.3, 0.4) is 0 Å². The van der Waals surface area contributed by atoms with E-state index in [9.17, 15) is 0 Å². The highest BCUT2D eigenvalue weighted by Gasteiger charge is 2.46. The zero-order valence-electron chi connectivity index (χ0n) is 18.1. The molecule has 2 N–H and O–H groups in total. The van der Waals surface area contributed by atoms with Crippen LogP contribution in [-0.4, -0.2) is 24.0 Å². The largest absolute Gasteiger partial charge is 0.326 e. The van der Waals surface area contributed by atoms with Crippen LogP contribution in [0.2, 0.25) is 0 Å². The number of hydrogen-bond donors (Lipinski definition) is 1. The Kier molecular flexibility index (Phi) is 6.66. The summed E-state index contributed by atoms with van der Waals surface area (Å²) < 4.78 is 0. The highest BCUT2D eigenvalue weighted by Crippen LogP contribution is 2.45. The second-order valence-electron chi connectivity index (χ2n) is 8.85. The van der Waals surface area contributed by atoms with Gasteiger partial charge in [0.1, 0.15) is 0 Å². The molecule has 3 aromatic carbocycles. The van der Waals surface area contributed by atoms with Crippen LogP contribution in [0.15, 0.2) is 91.0 Å². The summed E-state index contributed by atoms with van der Waals surface area (Å²) in [5, 5.41) is 0. The molecule has 3 heterocycles. The fourth-order valence-corrected chi connectivity index (χ4v) is 5.30. The van der Waals surface area contributed by atoms with Crippen LogP contribution in [0.1, 0.15) is 42.9 Å². The molecule has 2 heteroatoms. The van der Waals surface area contributed by atoms with Crippen molar-refractivity contribution in [2.45, 2.75) is 44.2 Å². The molecule has 0 aromatic heterocycles. The maximum atomic E-state index is 5.35. The molecule has 0 radical (unpaired) electrons. The summed E-state index contributed by atoms with van der Waals surface area (Å²) in [6.45, 7) is 5.67. The third-order valence-corrected chi connectivity index (χ3v) is 7.14. The molecule has 156 valence electrons. The summed E-state index contributed by atoms with van der Waals surface area (Å²) in [5.74, 6) is 0.932. The lowest BCUT2D eigenvalue weighted by atomic mass is 9.64. The molecule has 0 saturated carbocycles. The van der Waals surface area contributed by atoms with Gasteiger partial charge in [-0.25, -0.2) is 0 Å². The zero-order valence-corrected chi connectivity index (χ0v) is 18.1. The third-order valence-electron chi connectivity index (χ3n) is 7.14. The van der Waals surface area contributed by atoms with Crippen LogP contribution in [0.4, 0.5) is 0 Å². The molecular formula is C28H34N2. The fourth-order valence-electron chi connectivity index (χ4n) is 5.30. The molecule has 0 aliphatic carbocycles. The van der Waals surface area contributed by atoms with Gasteiger partial charge in [-0.3, -0.25) is 4.90 Å². The summed E-state index contributed by atoms with van der Waals surface area (Å²) in [6.07, 6.45) is 4.15. The number of nitrogens with zero attached hydrogens (tertiary/aromatic N) is 1. The Morgan fingerprint density at radius 1 is 0.767 bits per heavy atom. The predicted molar refractivity (Wildman–Crippen MR) is 126 cm³/mol. The van der Waals surface area contributed by atoms with Gasteiger partial charge in [-0.05, 0) is 61.9 Å². The number of fused-ring (bicyclic) bond motifs is 3. The smallest absolute Gasteiger partial charge is 0.0330 e. The molecule has 3 saturated heterocycles. The van der Waals surface area contributed by atoms with E-state index in [0.29, 0.717) is 12.6 Å². The molecule has 3 aliphatic rings. The van der Waals surface area contributed by atoms with Gasteiger partial charge in [0.15, 0.2) is 0 Å². The molecule has 3 aliphatic heterocycles. The Bertz CT molecular complexity index is 844. The number of hydrogen-bond acceptors (Lipinski definition) is 2. The van der Waals surface area contributed by atoms with Crippen molar-refractivity contribution in [1.29, 1.82) is 0 Å². The van der Waals surface area contributed by atoms with E-state index in [1.807, 2.05) is 30.3 Å². The molecule has 0 unspecified atom stereocenters. The summed E-state index contributed by atoms with van der Waals surface area (Å²) >= 11 is 0. The van der Waals surface area contributed by atoms with Crippen molar-refractivity contribution in [3.63, 3.8) is 0 Å². The van der Waals surface area contributed by atoms with Gasteiger partial charge >= 0.3 is 0 Å². The first-order chi connectivity index (χ1) is 14.7. The van der Waals surface area contributed by atoms with Crippen molar-refractivity contribution in [1.82, 2.24) is 4.90 Å². The van der Waals surface area contributed by atoms with Crippen molar-refractivity contribution in [3.05, 3.63) is 108 Å². The minimum Gasteiger partial charge on any atom is -0.326 e. The van der Waals surface area contributed by atoms with Crippen molar-refractivity contribution in [2.75, 3.05) is 13.1 Å². The minimum absolute atomic E-state index is 0.0849. The molecule has 30 heavy (non-hydrogen) atoms. The average molecular weight is 399 g/mol. The van der Waals surface area contributed by atoms with Crippen molar-refractivity contribution in [2.24, 2.45) is 11.7 Å². The van der Waals surface area contributed by atoms with Gasteiger partial charge in [0, 0.05) is 18.0 Å². The van der Waals surface area contributed by atoms with E-state index in [0.717, 1.165) is 5.92 Å². The SMILES string of the molecule is CC(c1ccccc1)(c1ccccc1)[C@H]1CC2CCN1CC2.NCc1ccccc1. The van der Waals surface area contributed by atoms with Crippen LogP contribution in [0, 0.1) is 5.92 Å². The van der Waals surface area contributed by atoms with Crippen LogP contribution in [-0.2, 0) is 12.0 Å². The first kappa shape index (κ1) is 20.8. The summed E-state index contributed by atoms with van der Waals surface area (Å²) in [5.41, 5.74) is 9.54. The number of benzene rings is 3. The summed E-state index contributed by atoms with van der Waals surface area (Å²) in [7, 11) is 0. The van der Waals surface area contributed by atoms with E-state index in [4.69, 9.17) is 5.73 Å². The molecule has 3 fully saturated rings. The minimum atomic E-state index is 0.0849. The molecule has 2 nitrogen and oxygen atoms in total. The quantitative estimate of drug-likeness (QED) is 0.618. The molecule has 0 amide bonds. The summed E-state index contributed by atoms with van der Waals surface area (Å²) in [4.78, 5) is 2.75. The Balaban J connectivity index is 0.000000230.